The molecule has 0 saturated heterocycles. The first-order chi connectivity index (χ1) is 14.1. The van der Waals surface area contributed by atoms with E-state index >= 15 is 0 Å². The van der Waals surface area contributed by atoms with Crippen LogP contribution in [0.25, 0.3) is 16.7 Å². The Bertz CT molecular complexity index is 1160. The van der Waals surface area contributed by atoms with Gasteiger partial charge in [0.15, 0.2) is 11.6 Å². The molecule has 0 radical (unpaired) electrons. The van der Waals surface area contributed by atoms with Crippen molar-refractivity contribution in [2.75, 3.05) is 11.9 Å². The Morgan fingerprint density at radius 1 is 1.07 bits per heavy atom. The van der Waals surface area contributed by atoms with E-state index in [1.54, 1.807) is 0 Å². The van der Waals surface area contributed by atoms with Crippen LogP contribution in [0.1, 0.15) is 41.9 Å². The molecule has 0 aliphatic carbocycles. The molecule has 0 saturated carbocycles. The average Bonchev–Trinajstić information content (AvgIpc) is 3.13. The van der Waals surface area contributed by atoms with E-state index in [0.717, 1.165) is 48.2 Å². The zero-order valence-corrected chi connectivity index (χ0v) is 17.0. The van der Waals surface area contributed by atoms with E-state index < -0.39 is 0 Å². The van der Waals surface area contributed by atoms with Crippen molar-refractivity contribution in [2.24, 2.45) is 0 Å². The molecular weight excluding hydrogens is 386 g/mol. The summed E-state index contributed by atoms with van der Waals surface area (Å²) in [5, 5.41) is 12.5. The van der Waals surface area contributed by atoms with Crippen LogP contribution in [0.5, 0.6) is 0 Å². The maximum atomic E-state index is 12.1. The van der Waals surface area contributed by atoms with Crippen molar-refractivity contribution in [2.45, 2.75) is 32.6 Å². The fourth-order valence-corrected chi connectivity index (χ4v) is 3.59. The van der Waals surface area contributed by atoms with Crippen molar-refractivity contribution in [1.82, 2.24) is 19.6 Å². The van der Waals surface area contributed by atoms with E-state index in [2.05, 4.69) is 15.5 Å². The number of nitrogens with one attached hydrogen (secondary N) is 1. The number of aromatic nitrogens is 4. The van der Waals surface area contributed by atoms with Gasteiger partial charge < -0.3 is 5.32 Å². The van der Waals surface area contributed by atoms with Gasteiger partial charge in [-0.1, -0.05) is 48.4 Å². The van der Waals surface area contributed by atoms with Crippen molar-refractivity contribution in [1.29, 1.82) is 0 Å². The summed E-state index contributed by atoms with van der Waals surface area (Å²) in [6, 6.07) is 15.1. The monoisotopic (exact) mass is 407 g/mol. The number of fused-ring (bicyclic) bond motifs is 3. The lowest BCUT2D eigenvalue weighted by Gasteiger charge is -2.10. The third kappa shape index (κ3) is 4.22. The number of unbranched alkanes of at least 4 members (excludes halogenated alkanes) is 2. The average molecular weight is 408 g/mol. The largest absolute Gasteiger partial charge is 0.367 e. The molecule has 4 rings (SSSR count). The van der Waals surface area contributed by atoms with Crippen LogP contribution >= 0.6 is 11.6 Å². The van der Waals surface area contributed by atoms with Crippen molar-refractivity contribution in [3.63, 3.8) is 0 Å². The summed E-state index contributed by atoms with van der Waals surface area (Å²) in [5.74, 6) is 1.70. The van der Waals surface area contributed by atoms with Gasteiger partial charge in [-0.15, -0.1) is 10.2 Å². The van der Waals surface area contributed by atoms with Crippen LogP contribution in [0.15, 0.2) is 48.5 Å². The van der Waals surface area contributed by atoms with E-state index in [9.17, 15) is 4.79 Å². The molecule has 2 heterocycles. The second-order valence-corrected chi connectivity index (χ2v) is 7.46. The van der Waals surface area contributed by atoms with Crippen LogP contribution in [0.4, 0.5) is 5.82 Å². The summed E-state index contributed by atoms with van der Waals surface area (Å²) < 4.78 is 1.97. The molecule has 29 heavy (non-hydrogen) atoms. The van der Waals surface area contributed by atoms with E-state index in [-0.39, 0.29) is 5.78 Å². The van der Waals surface area contributed by atoms with Gasteiger partial charge in [-0.25, -0.2) is 4.98 Å². The number of carbonyl (C=O) groups is 1. The number of carbonyl (C=O) groups excluding carboxylic acids is 1. The molecule has 2 aromatic carbocycles. The zero-order valence-electron chi connectivity index (χ0n) is 16.2. The van der Waals surface area contributed by atoms with Crippen molar-refractivity contribution in [3.05, 3.63) is 64.9 Å². The molecular formula is C22H22ClN5O. The molecule has 0 aliphatic heterocycles. The molecule has 148 valence electrons. The maximum Gasteiger partial charge on any atom is 0.204 e. The van der Waals surface area contributed by atoms with Gasteiger partial charge in [0.1, 0.15) is 5.82 Å². The Morgan fingerprint density at radius 2 is 1.90 bits per heavy atom. The minimum atomic E-state index is 0.203. The summed E-state index contributed by atoms with van der Waals surface area (Å²) in [6.45, 7) is 2.67. The number of anilines is 1. The molecule has 0 fully saturated rings. The minimum Gasteiger partial charge on any atom is -0.367 e. The molecule has 4 aromatic rings. The Kier molecular flexibility index (Phi) is 5.71. The number of aryl methyl sites for hydroxylation is 1. The van der Waals surface area contributed by atoms with Crippen molar-refractivity contribution >= 4 is 39.9 Å². The third-order valence-corrected chi connectivity index (χ3v) is 5.15. The van der Waals surface area contributed by atoms with Crippen LogP contribution in [-0.2, 0) is 0 Å². The fraction of sp³-hybridized carbons (Fsp3) is 0.273. The molecule has 0 atom stereocenters. The summed E-state index contributed by atoms with van der Waals surface area (Å²) in [4.78, 5) is 16.8. The smallest absolute Gasteiger partial charge is 0.204 e. The number of hydrogen-bond donors (Lipinski definition) is 1. The van der Waals surface area contributed by atoms with Gasteiger partial charge >= 0.3 is 0 Å². The number of benzene rings is 2. The standard InChI is InChI=1S/C22H22ClN5O/c1-15-26-27-22-21(25-18-12-11-17(23)14-19(18)28(15)22)24-13-7-3-6-10-20(29)16-8-4-2-5-9-16/h2,4-5,8-9,11-12,14H,3,6-7,10,13H2,1H3,(H,24,25). The maximum absolute atomic E-state index is 12.1. The van der Waals surface area contributed by atoms with Gasteiger partial charge in [0, 0.05) is 23.6 Å². The highest BCUT2D eigenvalue weighted by Crippen LogP contribution is 2.24. The predicted molar refractivity (Wildman–Crippen MR) is 116 cm³/mol. The summed E-state index contributed by atoms with van der Waals surface area (Å²) in [5.41, 5.74) is 3.20. The molecule has 0 aliphatic rings. The highest BCUT2D eigenvalue weighted by molar-refractivity contribution is 6.31. The van der Waals surface area contributed by atoms with E-state index in [4.69, 9.17) is 16.6 Å². The second-order valence-electron chi connectivity index (χ2n) is 7.03. The van der Waals surface area contributed by atoms with Crippen molar-refractivity contribution in [3.8, 4) is 0 Å². The Balaban J connectivity index is 1.36. The molecule has 0 bridgehead atoms. The molecule has 0 amide bonds. The Morgan fingerprint density at radius 3 is 2.72 bits per heavy atom. The first-order valence-electron chi connectivity index (χ1n) is 9.76. The predicted octanol–water partition coefficient (Wildman–Crippen LogP) is 5.09. The molecule has 1 N–H and O–H groups in total. The van der Waals surface area contributed by atoms with E-state index in [1.807, 2.05) is 59.9 Å². The van der Waals surface area contributed by atoms with Crippen LogP contribution in [0, 0.1) is 6.92 Å². The Labute approximate surface area is 173 Å². The SMILES string of the molecule is Cc1nnc2c(NCCCCCC(=O)c3ccccc3)nc3ccc(Cl)cc3n12. The van der Waals surface area contributed by atoms with Crippen LogP contribution < -0.4 is 5.32 Å². The first-order valence-corrected chi connectivity index (χ1v) is 10.1. The van der Waals surface area contributed by atoms with Gasteiger partial charge in [0.25, 0.3) is 0 Å². The third-order valence-electron chi connectivity index (χ3n) is 4.92. The quantitative estimate of drug-likeness (QED) is 0.325. The normalized spacial score (nSPS) is 11.2. The van der Waals surface area contributed by atoms with Gasteiger partial charge in [0.05, 0.1) is 11.0 Å². The number of hydrogen-bond acceptors (Lipinski definition) is 5. The molecule has 7 heteroatoms. The van der Waals surface area contributed by atoms with Crippen LogP contribution in [-0.4, -0.2) is 31.9 Å². The van der Waals surface area contributed by atoms with Crippen LogP contribution in [0.2, 0.25) is 5.02 Å². The lowest BCUT2D eigenvalue weighted by atomic mass is 10.0. The van der Waals surface area contributed by atoms with E-state index in [0.29, 0.717) is 22.9 Å². The highest BCUT2D eigenvalue weighted by Gasteiger charge is 2.13. The first kappa shape index (κ1) is 19.3. The second kappa shape index (κ2) is 8.57. The van der Waals surface area contributed by atoms with E-state index in [1.165, 1.54) is 0 Å². The highest BCUT2D eigenvalue weighted by atomic mass is 35.5. The lowest BCUT2D eigenvalue weighted by molar-refractivity contribution is 0.0979. The minimum absolute atomic E-state index is 0.203. The lowest BCUT2D eigenvalue weighted by Crippen LogP contribution is -2.07. The number of Topliss-reactive ketones (excluding diaryl/α,β-unsaturated/α-hetero) is 1. The number of ketones is 1. The van der Waals surface area contributed by atoms with Crippen molar-refractivity contribution < 1.29 is 4.79 Å². The van der Waals surface area contributed by atoms with Gasteiger partial charge in [-0.2, -0.15) is 0 Å². The van der Waals surface area contributed by atoms with Gasteiger partial charge in [0.2, 0.25) is 5.65 Å². The molecule has 0 unspecified atom stereocenters. The molecule has 6 nitrogen and oxygen atoms in total. The number of halogens is 1. The fourth-order valence-electron chi connectivity index (χ4n) is 3.43. The zero-order chi connectivity index (χ0) is 20.2. The molecule has 2 aromatic heterocycles. The van der Waals surface area contributed by atoms with Gasteiger partial charge in [-0.3, -0.25) is 9.20 Å². The van der Waals surface area contributed by atoms with Crippen LogP contribution in [0.3, 0.4) is 0 Å². The van der Waals surface area contributed by atoms with Gasteiger partial charge in [-0.05, 0) is 38.0 Å². The number of rotatable bonds is 8. The molecule has 0 spiro atoms. The summed E-state index contributed by atoms with van der Waals surface area (Å²) in [6.07, 6.45) is 3.36. The number of nitrogens with zero attached hydrogens (tertiary/aromatic N) is 4. The Hall–Kier alpha value is -2.99. The summed E-state index contributed by atoms with van der Waals surface area (Å²) in [7, 11) is 0. The summed E-state index contributed by atoms with van der Waals surface area (Å²) >= 11 is 6.15. The topological polar surface area (TPSA) is 72.2 Å².